The lowest BCUT2D eigenvalue weighted by Gasteiger charge is -2.14. The van der Waals surface area contributed by atoms with Crippen molar-refractivity contribution < 1.29 is 18.7 Å². The molecule has 1 fully saturated rings. The molecule has 8 heteroatoms. The van der Waals surface area contributed by atoms with E-state index in [1.54, 1.807) is 30.3 Å². The second kappa shape index (κ2) is 9.95. The maximum atomic E-state index is 13.1. The third kappa shape index (κ3) is 5.21. The van der Waals surface area contributed by atoms with Crippen molar-refractivity contribution in [3.8, 4) is 11.5 Å². The zero-order valence-corrected chi connectivity index (χ0v) is 20.2. The number of ether oxygens (including phenoxy) is 2. The summed E-state index contributed by atoms with van der Waals surface area (Å²) in [6.45, 7) is 2.18. The Kier molecular flexibility index (Phi) is 7.02. The van der Waals surface area contributed by atoms with Crippen LogP contribution in [0.1, 0.15) is 16.7 Å². The summed E-state index contributed by atoms with van der Waals surface area (Å²) < 4.78 is 24.9. The predicted octanol–water partition coefficient (Wildman–Crippen LogP) is 6.78. The molecule has 4 rings (SSSR count). The van der Waals surface area contributed by atoms with Crippen LogP contribution in [0.4, 0.5) is 10.1 Å². The highest BCUT2D eigenvalue weighted by Crippen LogP contribution is 2.40. The molecule has 0 spiro atoms. The number of halogens is 2. The number of aryl methyl sites for hydroxylation is 1. The number of amides is 1. The van der Waals surface area contributed by atoms with Crippen molar-refractivity contribution in [2.24, 2.45) is 0 Å². The van der Waals surface area contributed by atoms with Gasteiger partial charge in [0.1, 0.15) is 12.4 Å². The average Bonchev–Trinajstić information content (AvgIpc) is 3.07. The minimum Gasteiger partial charge on any atom is -0.493 e. The van der Waals surface area contributed by atoms with Gasteiger partial charge in [0.05, 0.1) is 22.7 Å². The van der Waals surface area contributed by atoms with Crippen LogP contribution in [0.15, 0.2) is 65.6 Å². The lowest BCUT2D eigenvalue weighted by atomic mass is 10.1. The Bertz CT molecular complexity index is 1240. The lowest BCUT2D eigenvalue weighted by Crippen LogP contribution is -2.27. The monoisotopic (exact) mass is 499 g/mol. The molecule has 0 saturated carbocycles. The van der Waals surface area contributed by atoms with E-state index >= 15 is 0 Å². The number of carbonyl (C=O) groups excluding carboxylic acids is 1. The van der Waals surface area contributed by atoms with Crippen LogP contribution in [0.5, 0.6) is 11.5 Å². The van der Waals surface area contributed by atoms with Crippen LogP contribution in [0.2, 0.25) is 5.02 Å². The molecule has 4 nitrogen and oxygen atoms in total. The fourth-order valence-electron chi connectivity index (χ4n) is 3.23. The van der Waals surface area contributed by atoms with E-state index in [0.29, 0.717) is 31.3 Å². The maximum absolute atomic E-state index is 13.1. The number of benzene rings is 3. The first kappa shape index (κ1) is 23.3. The van der Waals surface area contributed by atoms with Crippen LogP contribution in [-0.4, -0.2) is 17.3 Å². The molecule has 1 aliphatic rings. The molecule has 0 aliphatic carbocycles. The number of rotatable bonds is 6. The van der Waals surface area contributed by atoms with Gasteiger partial charge in [-0.2, -0.15) is 0 Å². The van der Waals surface area contributed by atoms with Gasteiger partial charge in [0.25, 0.3) is 5.91 Å². The van der Waals surface area contributed by atoms with Gasteiger partial charge < -0.3 is 9.47 Å². The van der Waals surface area contributed by atoms with Crippen LogP contribution in [-0.2, 0) is 11.4 Å². The highest BCUT2D eigenvalue weighted by Gasteiger charge is 2.33. The van der Waals surface area contributed by atoms with Gasteiger partial charge in [0.15, 0.2) is 15.8 Å². The molecule has 3 aromatic carbocycles. The number of carbonyl (C=O) groups is 1. The third-order valence-corrected chi connectivity index (χ3v) is 6.51. The van der Waals surface area contributed by atoms with Gasteiger partial charge in [-0.3, -0.25) is 9.69 Å². The van der Waals surface area contributed by atoms with Crippen LogP contribution < -0.4 is 14.4 Å². The number of anilines is 1. The number of nitrogens with zero attached hydrogens (tertiary/aromatic N) is 1. The first-order valence-electron chi connectivity index (χ1n) is 9.95. The Hall–Kier alpha value is -2.87. The maximum Gasteiger partial charge on any atom is 0.270 e. The Morgan fingerprint density at radius 3 is 2.48 bits per heavy atom. The summed E-state index contributed by atoms with van der Waals surface area (Å²) in [5, 5.41) is 0.330. The van der Waals surface area contributed by atoms with Crippen molar-refractivity contribution in [3.05, 3.63) is 93.1 Å². The van der Waals surface area contributed by atoms with Gasteiger partial charge in [0, 0.05) is 0 Å². The van der Waals surface area contributed by atoms with Gasteiger partial charge in [-0.15, -0.1) is 0 Å². The fourth-order valence-corrected chi connectivity index (χ4v) is 4.81. The van der Waals surface area contributed by atoms with Crippen LogP contribution >= 0.6 is 35.6 Å². The zero-order valence-electron chi connectivity index (χ0n) is 17.8. The minimum absolute atomic E-state index is 0.194. The quantitative estimate of drug-likeness (QED) is 0.276. The molecule has 3 aromatic rings. The van der Waals surface area contributed by atoms with Crippen LogP contribution in [0, 0.1) is 12.7 Å². The van der Waals surface area contributed by atoms with E-state index in [9.17, 15) is 9.18 Å². The van der Waals surface area contributed by atoms with E-state index in [0.717, 1.165) is 16.8 Å². The third-order valence-electron chi connectivity index (χ3n) is 4.93. The highest BCUT2D eigenvalue weighted by molar-refractivity contribution is 8.27. The number of hydrogen-bond acceptors (Lipinski definition) is 5. The Morgan fingerprint density at radius 2 is 1.82 bits per heavy atom. The van der Waals surface area contributed by atoms with Gasteiger partial charge in [0.2, 0.25) is 0 Å². The average molecular weight is 500 g/mol. The SMILES string of the molecule is COc1cc(/C=C2\SC(=S)N(c3ccc(C)cc3)C2=O)cc(Cl)c1OCc1ccc(F)cc1. The molecule has 0 radical (unpaired) electrons. The van der Waals surface area contributed by atoms with E-state index in [1.165, 1.54) is 35.9 Å². The first-order chi connectivity index (χ1) is 15.9. The molecular weight excluding hydrogens is 481 g/mol. The van der Waals surface area contributed by atoms with Crippen molar-refractivity contribution in [2.75, 3.05) is 12.0 Å². The minimum atomic E-state index is -0.313. The standard InChI is InChI=1S/C25H19ClFNO3S2/c1-15-3-9-19(10-4-15)28-24(29)22(33-25(28)32)13-17-11-20(26)23(21(12-17)30-2)31-14-16-5-7-18(27)8-6-16/h3-13H,14H2,1-2H3/b22-13-. The highest BCUT2D eigenvalue weighted by atomic mass is 35.5. The second-order valence-corrected chi connectivity index (χ2v) is 9.38. The fraction of sp³-hybridized carbons (Fsp3) is 0.120. The molecule has 0 aromatic heterocycles. The number of methoxy groups -OCH3 is 1. The second-order valence-electron chi connectivity index (χ2n) is 7.30. The van der Waals surface area contributed by atoms with E-state index in [4.69, 9.17) is 33.3 Å². The van der Waals surface area contributed by atoms with Crippen molar-refractivity contribution in [2.45, 2.75) is 13.5 Å². The molecule has 0 atom stereocenters. The largest absolute Gasteiger partial charge is 0.493 e. The van der Waals surface area contributed by atoms with Crippen LogP contribution in [0.3, 0.4) is 0 Å². The summed E-state index contributed by atoms with van der Waals surface area (Å²) in [7, 11) is 1.51. The summed E-state index contributed by atoms with van der Waals surface area (Å²) in [5.74, 6) is 0.282. The topological polar surface area (TPSA) is 38.8 Å². The summed E-state index contributed by atoms with van der Waals surface area (Å²) in [6, 6.07) is 17.1. The van der Waals surface area contributed by atoms with Gasteiger partial charge >= 0.3 is 0 Å². The molecule has 1 saturated heterocycles. The van der Waals surface area contributed by atoms with Gasteiger partial charge in [-0.05, 0) is 60.5 Å². The number of thioether (sulfide) groups is 1. The van der Waals surface area contributed by atoms with Gasteiger partial charge in [-0.1, -0.05) is 65.4 Å². The molecule has 168 valence electrons. The van der Waals surface area contributed by atoms with Crippen molar-refractivity contribution in [1.29, 1.82) is 0 Å². The van der Waals surface area contributed by atoms with E-state index in [-0.39, 0.29) is 18.3 Å². The van der Waals surface area contributed by atoms with Crippen molar-refractivity contribution in [1.82, 2.24) is 0 Å². The molecule has 0 N–H and O–H groups in total. The number of thiocarbonyl (C=S) groups is 1. The smallest absolute Gasteiger partial charge is 0.270 e. The van der Waals surface area contributed by atoms with Crippen molar-refractivity contribution >= 4 is 57.6 Å². The van der Waals surface area contributed by atoms with E-state index in [1.807, 2.05) is 31.2 Å². The summed E-state index contributed by atoms with van der Waals surface area (Å²) in [5.41, 5.74) is 3.30. The van der Waals surface area contributed by atoms with Crippen LogP contribution in [0.25, 0.3) is 6.08 Å². The van der Waals surface area contributed by atoms with Crippen molar-refractivity contribution in [3.63, 3.8) is 0 Å². The molecule has 1 amide bonds. The number of hydrogen-bond donors (Lipinski definition) is 0. The zero-order chi connectivity index (χ0) is 23.5. The summed E-state index contributed by atoms with van der Waals surface area (Å²) >= 11 is 13.1. The van der Waals surface area contributed by atoms with E-state index in [2.05, 4.69) is 0 Å². The van der Waals surface area contributed by atoms with E-state index < -0.39 is 0 Å². The Balaban J connectivity index is 1.57. The Morgan fingerprint density at radius 1 is 1.12 bits per heavy atom. The predicted molar refractivity (Wildman–Crippen MR) is 136 cm³/mol. The molecule has 1 heterocycles. The van der Waals surface area contributed by atoms with Gasteiger partial charge in [-0.25, -0.2) is 4.39 Å². The summed E-state index contributed by atoms with van der Waals surface area (Å²) in [6.07, 6.45) is 1.73. The first-order valence-corrected chi connectivity index (χ1v) is 11.6. The summed E-state index contributed by atoms with van der Waals surface area (Å²) in [4.78, 5) is 15.0. The molecular formula is C25H19ClFNO3S2. The lowest BCUT2D eigenvalue weighted by molar-refractivity contribution is -0.113. The molecule has 0 bridgehead atoms. The molecule has 1 aliphatic heterocycles. The molecule has 0 unspecified atom stereocenters. The molecule has 33 heavy (non-hydrogen) atoms. The normalized spacial score (nSPS) is 14.8. The Labute approximate surface area is 206 Å².